The molecule has 3 atom stereocenters. The summed E-state index contributed by atoms with van der Waals surface area (Å²) < 4.78 is 0. The predicted octanol–water partition coefficient (Wildman–Crippen LogP) is 7.95. The summed E-state index contributed by atoms with van der Waals surface area (Å²) in [6, 6.07) is 2.65. The normalized spacial score (nSPS) is 16.2. The van der Waals surface area contributed by atoms with Crippen LogP contribution in [-0.2, 0) is 98.1 Å². The number of aliphatic imine (C=N–C) groups is 1. The van der Waals surface area contributed by atoms with Gasteiger partial charge < -0.3 is 27.0 Å². The zero-order valence-electron chi connectivity index (χ0n) is 29.4. The molecule has 0 saturated heterocycles. The molecule has 3 rings (SSSR count). The third-order valence-electron chi connectivity index (χ3n) is 3.81. The first-order valence-corrected chi connectivity index (χ1v) is 13.4. The quantitative estimate of drug-likeness (QED) is 0.173. The van der Waals surface area contributed by atoms with Crippen molar-refractivity contribution in [2.24, 2.45) is 10.1 Å². The van der Waals surface area contributed by atoms with Crippen molar-refractivity contribution >= 4 is 37.8 Å². The molecule has 0 bridgehead atoms. The van der Waals surface area contributed by atoms with Crippen molar-refractivity contribution in [1.82, 2.24) is 16.1 Å². The first kappa shape index (κ1) is 77.8. The molecule has 39 heavy (non-hydrogen) atoms. The second kappa shape index (κ2) is 72.1. The van der Waals surface area contributed by atoms with Crippen LogP contribution in [0.2, 0.25) is 0 Å². The second-order valence-corrected chi connectivity index (χ2v) is 5.61. The SMILES string of the molecule is CC.CC.CC.CC.CC.CC.C[C-]1C=CNC1C.C[C-]1C=NNC1C.C[C-]1N=CNC1C.[2HH].[2HH].[2HH].[B].[B].[B].[Y].[Y].[Y]. The first-order chi connectivity index (χ1) is 15.9. The zero-order valence-corrected chi connectivity index (χ0v) is 37.9. The van der Waals surface area contributed by atoms with E-state index in [4.69, 9.17) is 0 Å². The molecule has 3 aliphatic rings. The molecule has 3 aliphatic heterocycles. The fourth-order valence-corrected chi connectivity index (χ4v) is 1.55. The molecule has 3 unspecified atom stereocenters. The van der Waals surface area contributed by atoms with Gasteiger partial charge in [0.1, 0.15) is 0 Å². The molecule has 0 aromatic rings. The van der Waals surface area contributed by atoms with E-state index in [1.54, 1.807) is 6.34 Å². The molecular formula is C28H70B3N5Y3-3. The van der Waals surface area contributed by atoms with Crippen LogP contribution in [0.4, 0.5) is 0 Å². The number of rotatable bonds is 0. The van der Waals surface area contributed by atoms with Gasteiger partial charge in [-0.25, -0.2) is 11.2 Å². The van der Waals surface area contributed by atoms with Gasteiger partial charge in [0.2, 0.25) is 0 Å². The topological polar surface area (TPSA) is 60.8 Å². The van der Waals surface area contributed by atoms with Gasteiger partial charge in [0.25, 0.3) is 0 Å². The molecule has 228 valence electrons. The third kappa shape index (κ3) is 56.1. The van der Waals surface area contributed by atoms with Crippen LogP contribution in [0, 0.1) is 17.9 Å². The van der Waals surface area contributed by atoms with Crippen molar-refractivity contribution in [3.63, 3.8) is 0 Å². The summed E-state index contributed by atoms with van der Waals surface area (Å²) in [6.45, 7) is 36.5. The van der Waals surface area contributed by atoms with E-state index in [1.807, 2.05) is 102 Å². The van der Waals surface area contributed by atoms with E-state index in [0.29, 0.717) is 18.1 Å². The van der Waals surface area contributed by atoms with Gasteiger partial charge in [-0.1, -0.05) is 123 Å². The monoisotopic (exact) mass is 779 g/mol. The fraction of sp³-hybridized carbons (Fsp3) is 0.750. The molecule has 0 fully saturated rings. The Kier molecular flexibility index (Phi) is 144. The predicted molar refractivity (Wildman–Crippen MR) is 182 cm³/mol. The number of hydrogen-bond acceptors (Lipinski definition) is 5. The average molecular weight is 779 g/mol. The molecule has 3 N–H and O–H groups in total. The summed E-state index contributed by atoms with van der Waals surface area (Å²) in [5, 5.41) is 10.0. The van der Waals surface area contributed by atoms with E-state index >= 15 is 0 Å². The smallest absolute Gasteiger partial charge is 0 e. The molecule has 11 heteroatoms. The van der Waals surface area contributed by atoms with Crippen molar-refractivity contribution in [3.8, 4) is 0 Å². The summed E-state index contributed by atoms with van der Waals surface area (Å²) >= 11 is 0. The van der Waals surface area contributed by atoms with E-state index in [9.17, 15) is 0 Å². The fourth-order valence-electron chi connectivity index (χ4n) is 1.55. The number of nitrogens with zero attached hydrogens (tertiary/aromatic N) is 2. The maximum Gasteiger partial charge on any atom is 0 e. The Morgan fingerprint density at radius 3 is 1.05 bits per heavy atom. The van der Waals surface area contributed by atoms with E-state index in [1.165, 1.54) is 17.9 Å². The molecule has 3 heterocycles. The standard InChI is InChI=1S/C6H10N.2C5H9N2.6C2H6.3B.3Y.3H2/c1-5-3-4-7-6(5)2;1-4-5(2)7-3-6-4;1-4-3-6-7-5(4)2;6*1-2;;;;;;;;;/h3-4,6-7H,1-2H3;3-4H,1-2H3,(H,6,7);3,5,7H,1-2H3;6*1-2H3;;;;;;;3*1H/q3*-1;;;;;;;;;;;;;;;/i;;;;;;;;;;;;;;;3*1+1. The molecule has 0 saturated carbocycles. The van der Waals surface area contributed by atoms with Crippen LogP contribution < -0.4 is 16.1 Å². The molecule has 12 radical (unpaired) electrons. The minimum Gasteiger partial charge on any atom is -0.476 e. The minimum atomic E-state index is 0. The van der Waals surface area contributed by atoms with Crippen LogP contribution in [-0.4, -0.2) is 55.9 Å². The molecule has 0 amide bonds. The summed E-state index contributed by atoms with van der Waals surface area (Å²) in [5.74, 6) is 2.72. The number of hydrazone groups is 1. The third-order valence-corrected chi connectivity index (χ3v) is 3.81. The van der Waals surface area contributed by atoms with Gasteiger partial charge in [-0.05, 0) is 12.1 Å². The van der Waals surface area contributed by atoms with Crippen molar-refractivity contribution in [2.45, 2.75) is 143 Å². The van der Waals surface area contributed by atoms with Crippen LogP contribution in [0.25, 0.3) is 0 Å². The summed E-state index contributed by atoms with van der Waals surface area (Å²) in [7, 11) is 0. The molecular weight excluding hydrogens is 705 g/mol. The maximum absolute atomic E-state index is 4.00. The molecule has 5 nitrogen and oxygen atoms in total. The second-order valence-electron chi connectivity index (χ2n) is 5.61. The van der Waals surface area contributed by atoms with Gasteiger partial charge in [0, 0.05) is 128 Å². The van der Waals surface area contributed by atoms with E-state index in [0.717, 1.165) is 0 Å². The van der Waals surface area contributed by atoms with Crippen molar-refractivity contribution in [3.05, 3.63) is 30.2 Å². The largest absolute Gasteiger partial charge is 0.476 e. The van der Waals surface area contributed by atoms with E-state index in [-0.39, 0.29) is 128 Å². The Bertz CT molecular complexity index is 369. The maximum atomic E-state index is 4.00. The van der Waals surface area contributed by atoms with E-state index < -0.39 is 0 Å². The summed E-state index contributed by atoms with van der Waals surface area (Å²) in [6.07, 6.45) is 7.68. The van der Waals surface area contributed by atoms with Crippen LogP contribution in [0.5, 0.6) is 0 Å². The molecule has 0 aromatic carbocycles. The Labute approximate surface area is 335 Å². The molecule has 0 spiro atoms. The van der Waals surface area contributed by atoms with Gasteiger partial charge in [0.15, 0.2) is 0 Å². The van der Waals surface area contributed by atoms with Gasteiger partial charge in [0.05, 0.1) is 0 Å². The van der Waals surface area contributed by atoms with E-state index in [2.05, 4.69) is 66.8 Å². The average Bonchev–Trinajstić information content (AvgIpc) is 3.59. The Morgan fingerprint density at radius 1 is 0.590 bits per heavy atom. The molecule has 0 aromatic heterocycles. The van der Waals surface area contributed by atoms with Crippen LogP contribution >= 0.6 is 0 Å². The van der Waals surface area contributed by atoms with Crippen molar-refractivity contribution < 1.29 is 102 Å². The van der Waals surface area contributed by atoms with Crippen molar-refractivity contribution in [1.29, 1.82) is 0 Å². The number of hydrogen-bond donors (Lipinski definition) is 3. The summed E-state index contributed by atoms with van der Waals surface area (Å²) in [5.41, 5.74) is 2.90. The van der Waals surface area contributed by atoms with Gasteiger partial charge in [-0.2, -0.15) is 19.0 Å². The first-order valence-electron chi connectivity index (χ1n) is 13.4. The molecule has 0 aliphatic carbocycles. The Morgan fingerprint density at radius 2 is 0.974 bits per heavy atom. The Balaban J connectivity index is -0.0000000156. The van der Waals surface area contributed by atoms with Crippen LogP contribution in [0.3, 0.4) is 0 Å². The van der Waals surface area contributed by atoms with Crippen molar-refractivity contribution in [2.75, 3.05) is 0 Å². The van der Waals surface area contributed by atoms with Gasteiger partial charge in [-0.15, -0.1) is 19.2 Å². The van der Waals surface area contributed by atoms with Crippen LogP contribution in [0.1, 0.15) is 129 Å². The van der Waals surface area contributed by atoms with Gasteiger partial charge >= 0.3 is 0 Å². The minimum absolute atomic E-state index is 0. The summed E-state index contributed by atoms with van der Waals surface area (Å²) in [4.78, 5) is 4.00. The number of nitrogens with one attached hydrogen (secondary N) is 3. The zero-order chi connectivity index (χ0) is 27.8. The van der Waals surface area contributed by atoms with Crippen LogP contribution in [0.15, 0.2) is 22.4 Å². The Hall–Kier alpha value is 1.60. The van der Waals surface area contributed by atoms with Gasteiger partial charge in [-0.3, -0.25) is 0 Å².